The first-order valence-corrected chi connectivity index (χ1v) is 7.40. The second kappa shape index (κ2) is 8.21. The topological polar surface area (TPSA) is 64.7 Å². The number of nitrogens with zero attached hydrogens (tertiary/aromatic N) is 2. The van der Waals surface area contributed by atoms with E-state index in [0.29, 0.717) is 19.1 Å². The molecule has 1 heterocycles. The minimum atomic E-state index is -0.157. The minimum absolute atomic E-state index is 0.0534. The Labute approximate surface area is 121 Å². The average molecular weight is 284 g/mol. The quantitative estimate of drug-likeness (QED) is 0.700. The molecule has 1 aliphatic rings. The largest absolute Gasteiger partial charge is 0.355 e. The molecule has 6 nitrogen and oxygen atoms in total. The standard InChI is InChI=1S/C14H28N4O2/c1-5-15-14(20)11(2)16-12-6-8-18(9-7-12)10-13(19)17(3)4/h11-12,16H,5-10H2,1-4H3,(H,15,20). The van der Waals surface area contributed by atoms with Crippen LogP contribution in [0.5, 0.6) is 0 Å². The fourth-order valence-electron chi connectivity index (χ4n) is 2.35. The zero-order valence-corrected chi connectivity index (χ0v) is 13.1. The van der Waals surface area contributed by atoms with Gasteiger partial charge in [0.05, 0.1) is 12.6 Å². The number of amides is 2. The predicted octanol–water partition coefficient (Wildman–Crippen LogP) is -0.347. The van der Waals surface area contributed by atoms with Gasteiger partial charge in [0.2, 0.25) is 11.8 Å². The zero-order valence-electron chi connectivity index (χ0n) is 13.1. The van der Waals surface area contributed by atoms with E-state index < -0.39 is 0 Å². The van der Waals surface area contributed by atoms with Crippen LogP contribution in [0.3, 0.4) is 0 Å². The van der Waals surface area contributed by atoms with Crippen LogP contribution in [0.25, 0.3) is 0 Å². The van der Waals surface area contributed by atoms with Gasteiger partial charge in [-0.1, -0.05) is 0 Å². The van der Waals surface area contributed by atoms with E-state index in [2.05, 4.69) is 15.5 Å². The Bertz CT molecular complexity index is 325. The normalized spacial score (nSPS) is 18.6. The molecule has 1 unspecified atom stereocenters. The molecule has 0 radical (unpaired) electrons. The molecule has 20 heavy (non-hydrogen) atoms. The summed E-state index contributed by atoms with van der Waals surface area (Å²) >= 11 is 0. The Kier molecular flexibility index (Phi) is 6.95. The van der Waals surface area contributed by atoms with Gasteiger partial charge in [-0.3, -0.25) is 14.5 Å². The van der Waals surface area contributed by atoms with Crippen LogP contribution in [-0.4, -0.2) is 74.0 Å². The van der Waals surface area contributed by atoms with Gasteiger partial charge >= 0.3 is 0 Å². The molecule has 0 spiro atoms. The number of likely N-dealkylation sites (N-methyl/N-ethyl adjacent to an activating group) is 2. The maximum Gasteiger partial charge on any atom is 0.236 e. The molecule has 2 N–H and O–H groups in total. The molecule has 1 saturated heterocycles. The number of hydrogen-bond acceptors (Lipinski definition) is 4. The first kappa shape index (κ1) is 16.9. The smallest absolute Gasteiger partial charge is 0.236 e. The van der Waals surface area contributed by atoms with Gasteiger partial charge in [-0.05, 0) is 26.7 Å². The van der Waals surface area contributed by atoms with E-state index in [-0.39, 0.29) is 17.9 Å². The lowest BCUT2D eigenvalue weighted by atomic mass is 10.0. The maximum atomic E-state index is 11.7. The van der Waals surface area contributed by atoms with Crippen molar-refractivity contribution < 1.29 is 9.59 Å². The fourth-order valence-corrected chi connectivity index (χ4v) is 2.35. The van der Waals surface area contributed by atoms with Gasteiger partial charge in [0.1, 0.15) is 0 Å². The van der Waals surface area contributed by atoms with Crippen LogP contribution in [0.1, 0.15) is 26.7 Å². The summed E-state index contributed by atoms with van der Waals surface area (Å²) < 4.78 is 0. The molecular formula is C14H28N4O2. The lowest BCUT2D eigenvalue weighted by Crippen LogP contribution is -2.51. The Hall–Kier alpha value is -1.14. The summed E-state index contributed by atoms with van der Waals surface area (Å²) in [7, 11) is 3.56. The summed E-state index contributed by atoms with van der Waals surface area (Å²) in [5, 5.41) is 6.19. The second-order valence-corrected chi connectivity index (χ2v) is 5.62. The number of carbonyl (C=O) groups is 2. The van der Waals surface area contributed by atoms with E-state index in [1.54, 1.807) is 19.0 Å². The Balaban J connectivity index is 2.28. The van der Waals surface area contributed by atoms with Crippen LogP contribution < -0.4 is 10.6 Å². The third kappa shape index (κ3) is 5.46. The van der Waals surface area contributed by atoms with Crippen molar-refractivity contribution >= 4 is 11.8 Å². The molecule has 1 fully saturated rings. The molecule has 0 saturated carbocycles. The van der Waals surface area contributed by atoms with E-state index >= 15 is 0 Å². The van der Waals surface area contributed by atoms with E-state index in [1.165, 1.54) is 0 Å². The van der Waals surface area contributed by atoms with Crippen molar-refractivity contribution in [2.45, 2.75) is 38.8 Å². The Morgan fingerprint density at radius 1 is 1.30 bits per heavy atom. The van der Waals surface area contributed by atoms with Gasteiger partial charge < -0.3 is 15.5 Å². The van der Waals surface area contributed by atoms with Crippen molar-refractivity contribution in [1.29, 1.82) is 0 Å². The summed E-state index contributed by atoms with van der Waals surface area (Å²) in [5.74, 6) is 0.199. The van der Waals surface area contributed by atoms with Crippen LogP contribution in [0.4, 0.5) is 0 Å². The van der Waals surface area contributed by atoms with E-state index in [9.17, 15) is 9.59 Å². The lowest BCUT2D eigenvalue weighted by molar-refractivity contribution is -0.130. The number of nitrogens with one attached hydrogen (secondary N) is 2. The van der Waals surface area contributed by atoms with Crippen molar-refractivity contribution in [1.82, 2.24) is 20.4 Å². The lowest BCUT2D eigenvalue weighted by Gasteiger charge is -2.33. The van der Waals surface area contributed by atoms with Gasteiger partial charge in [-0.25, -0.2) is 0 Å². The Morgan fingerprint density at radius 3 is 2.40 bits per heavy atom. The second-order valence-electron chi connectivity index (χ2n) is 5.62. The first-order chi connectivity index (χ1) is 9.43. The summed E-state index contributed by atoms with van der Waals surface area (Å²) in [6, 6.07) is 0.202. The van der Waals surface area contributed by atoms with Gasteiger partial charge in [-0.15, -0.1) is 0 Å². The van der Waals surface area contributed by atoms with E-state index in [1.807, 2.05) is 13.8 Å². The van der Waals surface area contributed by atoms with E-state index in [0.717, 1.165) is 25.9 Å². The van der Waals surface area contributed by atoms with Crippen LogP contribution in [0.2, 0.25) is 0 Å². The van der Waals surface area contributed by atoms with Crippen molar-refractivity contribution in [2.24, 2.45) is 0 Å². The summed E-state index contributed by atoms with van der Waals surface area (Å²) in [6.45, 7) is 6.78. The Morgan fingerprint density at radius 2 is 1.90 bits per heavy atom. The SMILES string of the molecule is CCNC(=O)C(C)NC1CCN(CC(=O)N(C)C)CC1. The van der Waals surface area contributed by atoms with Gasteiger partial charge in [-0.2, -0.15) is 0 Å². The molecule has 0 aromatic heterocycles. The molecule has 1 aliphatic heterocycles. The van der Waals surface area contributed by atoms with Crippen molar-refractivity contribution in [3.8, 4) is 0 Å². The maximum absolute atomic E-state index is 11.7. The van der Waals surface area contributed by atoms with Gasteiger partial charge in [0.25, 0.3) is 0 Å². The molecule has 1 rings (SSSR count). The molecular weight excluding hydrogens is 256 g/mol. The fraction of sp³-hybridized carbons (Fsp3) is 0.857. The van der Waals surface area contributed by atoms with Crippen LogP contribution in [0.15, 0.2) is 0 Å². The highest BCUT2D eigenvalue weighted by atomic mass is 16.2. The highest BCUT2D eigenvalue weighted by Crippen LogP contribution is 2.11. The van der Waals surface area contributed by atoms with Crippen LogP contribution >= 0.6 is 0 Å². The third-order valence-electron chi connectivity index (χ3n) is 3.68. The average Bonchev–Trinajstić information content (AvgIpc) is 2.41. The number of rotatable bonds is 6. The molecule has 2 amide bonds. The van der Waals surface area contributed by atoms with Crippen molar-refractivity contribution in [3.63, 3.8) is 0 Å². The van der Waals surface area contributed by atoms with Crippen LogP contribution in [0, 0.1) is 0 Å². The predicted molar refractivity (Wildman–Crippen MR) is 79.4 cm³/mol. The molecule has 6 heteroatoms. The summed E-state index contributed by atoms with van der Waals surface area (Å²) in [4.78, 5) is 27.1. The third-order valence-corrected chi connectivity index (χ3v) is 3.68. The highest BCUT2D eigenvalue weighted by Gasteiger charge is 2.23. The molecule has 0 bridgehead atoms. The van der Waals surface area contributed by atoms with Gasteiger partial charge in [0.15, 0.2) is 0 Å². The number of likely N-dealkylation sites (tertiary alicyclic amines) is 1. The number of piperidine rings is 1. The minimum Gasteiger partial charge on any atom is -0.355 e. The molecule has 1 atom stereocenters. The number of carbonyl (C=O) groups excluding carboxylic acids is 2. The molecule has 0 aromatic carbocycles. The number of hydrogen-bond donors (Lipinski definition) is 2. The van der Waals surface area contributed by atoms with Gasteiger partial charge in [0, 0.05) is 39.8 Å². The van der Waals surface area contributed by atoms with Crippen molar-refractivity contribution in [2.75, 3.05) is 40.3 Å². The molecule has 116 valence electrons. The zero-order chi connectivity index (χ0) is 15.1. The molecule has 0 aromatic rings. The van der Waals surface area contributed by atoms with Crippen molar-refractivity contribution in [3.05, 3.63) is 0 Å². The highest BCUT2D eigenvalue weighted by molar-refractivity contribution is 5.81. The summed E-state index contributed by atoms with van der Waals surface area (Å²) in [5.41, 5.74) is 0. The summed E-state index contributed by atoms with van der Waals surface area (Å²) in [6.07, 6.45) is 1.95. The van der Waals surface area contributed by atoms with Crippen LogP contribution in [-0.2, 0) is 9.59 Å². The monoisotopic (exact) mass is 284 g/mol. The van der Waals surface area contributed by atoms with E-state index in [4.69, 9.17) is 0 Å². The first-order valence-electron chi connectivity index (χ1n) is 7.40. The molecule has 0 aliphatic carbocycles.